The van der Waals surface area contributed by atoms with Gasteiger partial charge in [-0.2, -0.15) is 0 Å². The molecule has 0 bridgehead atoms. The number of nitrogen functional groups attached to an aromatic ring is 1. The predicted molar refractivity (Wildman–Crippen MR) is 80.5 cm³/mol. The number of nitrogens with one attached hydrogen (secondary N) is 1. The van der Waals surface area contributed by atoms with Crippen molar-refractivity contribution in [3.05, 3.63) is 23.2 Å². The van der Waals surface area contributed by atoms with Gasteiger partial charge < -0.3 is 4.42 Å². The van der Waals surface area contributed by atoms with Gasteiger partial charge in [-0.15, -0.1) is 0 Å². The third-order valence-electron chi connectivity index (χ3n) is 5.11. The molecule has 0 radical (unpaired) electrons. The molecule has 2 aliphatic rings. The van der Waals surface area contributed by atoms with Crippen molar-refractivity contribution in [3.63, 3.8) is 0 Å². The van der Waals surface area contributed by atoms with Gasteiger partial charge in [0.2, 0.25) is 0 Å². The first-order valence-corrected chi connectivity index (χ1v) is 8.03. The SMILES string of the molecule is Cc1oc(C(=O)NN)cc1CN1CCCC2CCCCC21. The van der Waals surface area contributed by atoms with E-state index in [-0.39, 0.29) is 5.91 Å². The molecule has 1 saturated heterocycles. The normalized spacial score (nSPS) is 26.4. The fourth-order valence-electron chi connectivity index (χ4n) is 4.00. The van der Waals surface area contributed by atoms with E-state index in [0.29, 0.717) is 11.8 Å². The largest absolute Gasteiger partial charge is 0.456 e. The zero-order valence-corrected chi connectivity index (χ0v) is 12.7. The number of fused-ring (bicyclic) bond motifs is 1. The lowest BCUT2D eigenvalue weighted by Crippen LogP contribution is -2.46. The summed E-state index contributed by atoms with van der Waals surface area (Å²) in [7, 11) is 0. The maximum Gasteiger partial charge on any atom is 0.300 e. The standard InChI is InChI=1S/C16H25N3O2/c1-11-13(9-15(21-11)16(20)18-17)10-19-8-4-6-12-5-2-3-7-14(12)19/h9,12,14H,2-8,10,17H2,1H3,(H,18,20). The Morgan fingerprint density at radius 1 is 1.38 bits per heavy atom. The van der Waals surface area contributed by atoms with Crippen LogP contribution in [0.4, 0.5) is 0 Å². The Bertz CT molecular complexity index is 510. The molecule has 2 unspecified atom stereocenters. The molecule has 116 valence electrons. The molecule has 3 N–H and O–H groups in total. The van der Waals surface area contributed by atoms with Crippen molar-refractivity contribution in [3.8, 4) is 0 Å². The zero-order valence-electron chi connectivity index (χ0n) is 12.7. The Morgan fingerprint density at radius 3 is 2.95 bits per heavy atom. The molecule has 2 fully saturated rings. The van der Waals surface area contributed by atoms with Gasteiger partial charge in [-0.25, -0.2) is 5.84 Å². The van der Waals surface area contributed by atoms with E-state index in [1.165, 1.54) is 38.5 Å². The molecule has 1 aromatic rings. The van der Waals surface area contributed by atoms with Crippen LogP contribution in [-0.4, -0.2) is 23.4 Å². The van der Waals surface area contributed by atoms with Crippen LogP contribution in [0.3, 0.4) is 0 Å². The minimum Gasteiger partial charge on any atom is -0.456 e. The summed E-state index contributed by atoms with van der Waals surface area (Å²) < 4.78 is 5.53. The predicted octanol–water partition coefficient (Wildman–Crippen LogP) is 2.35. The maximum absolute atomic E-state index is 11.6. The van der Waals surface area contributed by atoms with E-state index in [1.807, 2.05) is 13.0 Å². The molecule has 3 rings (SSSR count). The Labute approximate surface area is 125 Å². The second-order valence-electron chi connectivity index (χ2n) is 6.39. The van der Waals surface area contributed by atoms with Crippen molar-refractivity contribution in [2.75, 3.05) is 6.54 Å². The van der Waals surface area contributed by atoms with Crippen LogP contribution in [0.5, 0.6) is 0 Å². The lowest BCUT2D eigenvalue weighted by Gasteiger charge is -2.44. The number of piperidine rings is 1. The van der Waals surface area contributed by atoms with Crippen molar-refractivity contribution >= 4 is 5.91 Å². The van der Waals surface area contributed by atoms with E-state index in [9.17, 15) is 4.79 Å². The number of likely N-dealkylation sites (tertiary alicyclic amines) is 1. The van der Waals surface area contributed by atoms with Crippen LogP contribution in [0.15, 0.2) is 10.5 Å². The van der Waals surface area contributed by atoms with Crippen LogP contribution in [0, 0.1) is 12.8 Å². The van der Waals surface area contributed by atoms with E-state index in [2.05, 4.69) is 10.3 Å². The molecule has 0 aromatic carbocycles. The minimum absolute atomic E-state index is 0.308. The average Bonchev–Trinajstić information content (AvgIpc) is 2.88. The topological polar surface area (TPSA) is 71.5 Å². The number of hydrogen-bond donors (Lipinski definition) is 2. The third kappa shape index (κ3) is 2.99. The van der Waals surface area contributed by atoms with Crippen LogP contribution >= 0.6 is 0 Å². The summed E-state index contributed by atoms with van der Waals surface area (Å²) in [6.07, 6.45) is 8.11. The smallest absolute Gasteiger partial charge is 0.300 e. The number of aryl methyl sites for hydroxylation is 1. The third-order valence-corrected chi connectivity index (χ3v) is 5.11. The van der Waals surface area contributed by atoms with Gasteiger partial charge in [0, 0.05) is 18.2 Å². The first-order valence-electron chi connectivity index (χ1n) is 8.03. The van der Waals surface area contributed by atoms with Crippen LogP contribution in [0.1, 0.15) is 60.4 Å². The Hall–Kier alpha value is -1.33. The summed E-state index contributed by atoms with van der Waals surface area (Å²) in [4.78, 5) is 14.1. The number of carbonyl (C=O) groups excluding carboxylic acids is 1. The lowest BCUT2D eigenvalue weighted by molar-refractivity contribution is 0.0544. The molecule has 2 atom stereocenters. The number of nitrogens with zero attached hydrogens (tertiary/aromatic N) is 1. The molecule has 5 nitrogen and oxygen atoms in total. The van der Waals surface area contributed by atoms with Crippen molar-refractivity contribution in [1.29, 1.82) is 0 Å². The molecular formula is C16H25N3O2. The van der Waals surface area contributed by atoms with Crippen LogP contribution in [0.2, 0.25) is 0 Å². The highest BCUT2D eigenvalue weighted by Crippen LogP contribution is 2.36. The van der Waals surface area contributed by atoms with E-state index in [1.54, 1.807) is 0 Å². The molecule has 0 spiro atoms. The number of hydrazine groups is 1. The second kappa shape index (κ2) is 6.20. The monoisotopic (exact) mass is 291 g/mol. The van der Waals surface area contributed by atoms with Crippen molar-refractivity contribution < 1.29 is 9.21 Å². The second-order valence-corrected chi connectivity index (χ2v) is 6.39. The maximum atomic E-state index is 11.6. The fraction of sp³-hybridized carbons (Fsp3) is 0.688. The van der Waals surface area contributed by atoms with E-state index >= 15 is 0 Å². The number of rotatable bonds is 3. The van der Waals surface area contributed by atoms with Gasteiger partial charge >= 0.3 is 5.91 Å². The summed E-state index contributed by atoms with van der Waals surface area (Å²) >= 11 is 0. The Kier molecular flexibility index (Phi) is 4.31. The lowest BCUT2D eigenvalue weighted by atomic mass is 9.78. The van der Waals surface area contributed by atoms with Crippen molar-refractivity contribution in [2.45, 2.75) is 58.0 Å². The number of nitrogens with two attached hydrogens (primary N) is 1. The summed E-state index contributed by atoms with van der Waals surface area (Å²) in [5, 5.41) is 0. The van der Waals surface area contributed by atoms with E-state index in [0.717, 1.165) is 30.3 Å². The van der Waals surface area contributed by atoms with Gasteiger partial charge in [-0.1, -0.05) is 12.8 Å². The fourth-order valence-corrected chi connectivity index (χ4v) is 4.00. The first kappa shape index (κ1) is 14.6. The van der Waals surface area contributed by atoms with Gasteiger partial charge in [-0.05, 0) is 51.1 Å². The molecule has 1 aromatic heterocycles. The van der Waals surface area contributed by atoms with Gasteiger partial charge in [0.05, 0.1) is 0 Å². The number of furan rings is 1. The van der Waals surface area contributed by atoms with Crippen LogP contribution in [-0.2, 0) is 6.54 Å². The molecule has 21 heavy (non-hydrogen) atoms. The van der Waals surface area contributed by atoms with Crippen molar-refractivity contribution in [2.24, 2.45) is 11.8 Å². The quantitative estimate of drug-likeness (QED) is 0.509. The molecule has 1 aliphatic heterocycles. The minimum atomic E-state index is -0.362. The summed E-state index contributed by atoms with van der Waals surface area (Å²) in [6.45, 7) is 3.96. The highest BCUT2D eigenvalue weighted by atomic mass is 16.4. The molecule has 1 aliphatic carbocycles. The van der Waals surface area contributed by atoms with Gasteiger partial charge in [0.15, 0.2) is 5.76 Å². The molecule has 5 heteroatoms. The highest BCUT2D eigenvalue weighted by Gasteiger charge is 2.33. The average molecular weight is 291 g/mol. The Morgan fingerprint density at radius 2 is 2.14 bits per heavy atom. The van der Waals surface area contributed by atoms with Gasteiger partial charge in [0.25, 0.3) is 0 Å². The van der Waals surface area contributed by atoms with Crippen LogP contribution in [0.25, 0.3) is 0 Å². The molecule has 2 heterocycles. The summed E-state index contributed by atoms with van der Waals surface area (Å²) in [6, 6.07) is 2.55. The molecule has 1 saturated carbocycles. The van der Waals surface area contributed by atoms with Gasteiger partial charge in [-0.3, -0.25) is 15.1 Å². The molecule has 1 amide bonds. The summed E-state index contributed by atoms with van der Waals surface area (Å²) in [5.74, 6) is 6.80. The number of carbonyl (C=O) groups is 1. The molecular weight excluding hydrogens is 266 g/mol. The van der Waals surface area contributed by atoms with E-state index < -0.39 is 0 Å². The Balaban J connectivity index is 1.73. The number of amides is 1. The first-order chi connectivity index (χ1) is 10.2. The van der Waals surface area contributed by atoms with Crippen molar-refractivity contribution in [1.82, 2.24) is 10.3 Å². The van der Waals surface area contributed by atoms with E-state index in [4.69, 9.17) is 10.3 Å². The van der Waals surface area contributed by atoms with Crippen LogP contribution < -0.4 is 11.3 Å². The highest BCUT2D eigenvalue weighted by molar-refractivity contribution is 5.91. The van der Waals surface area contributed by atoms with Gasteiger partial charge in [0.1, 0.15) is 5.76 Å². The summed E-state index contributed by atoms with van der Waals surface area (Å²) in [5.41, 5.74) is 3.24. The number of hydrogen-bond acceptors (Lipinski definition) is 4. The zero-order chi connectivity index (χ0) is 14.8.